The summed E-state index contributed by atoms with van der Waals surface area (Å²) in [5.74, 6) is 1.39. The first-order chi connectivity index (χ1) is 9.38. The topological polar surface area (TPSA) is 45.1 Å². The van der Waals surface area contributed by atoms with E-state index in [0.717, 1.165) is 51.3 Å². The van der Waals surface area contributed by atoms with Crippen molar-refractivity contribution in [2.24, 2.45) is 11.1 Å². The first-order valence-corrected chi connectivity index (χ1v) is 6.96. The van der Waals surface area contributed by atoms with Crippen molar-refractivity contribution in [3.05, 3.63) is 30.3 Å². The Morgan fingerprint density at radius 1 is 1.26 bits per heavy atom. The summed E-state index contributed by atoms with van der Waals surface area (Å²) >= 11 is 0. The molecule has 1 aliphatic heterocycles. The van der Waals surface area contributed by atoms with Crippen molar-refractivity contribution in [1.82, 2.24) is 4.90 Å². The molecule has 0 unspecified atom stereocenters. The van der Waals surface area contributed by atoms with Gasteiger partial charge in [-0.15, -0.1) is 5.16 Å². The molecule has 1 fully saturated rings. The Morgan fingerprint density at radius 2 is 2.00 bits per heavy atom. The Kier molecular flexibility index (Phi) is 5.69. The third-order valence-electron chi connectivity index (χ3n) is 3.54. The van der Waals surface area contributed by atoms with Crippen LogP contribution in [0.25, 0.3) is 0 Å². The average molecular weight is 262 g/mol. The summed E-state index contributed by atoms with van der Waals surface area (Å²) in [5.41, 5.74) is 0. The van der Waals surface area contributed by atoms with Gasteiger partial charge in [-0.25, -0.2) is 0 Å². The Labute approximate surface area is 114 Å². The molecule has 0 aromatic heterocycles. The molecule has 0 saturated carbocycles. The van der Waals surface area contributed by atoms with Crippen LogP contribution < -0.4 is 4.74 Å². The summed E-state index contributed by atoms with van der Waals surface area (Å²) in [5, 5.41) is 11.6. The maximum atomic E-state index is 8.51. The molecule has 0 atom stereocenters. The van der Waals surface area contributed by atoms with Gasteiger partial charge in [0.25, 0.3) is 0 Å². The van der Waals surface area contributed by atoms with Crippen LogP contribution in [-0.4, -0.2) is 42.6 Å². The van der Waals surface area contributed by atoms with E-state index in [9.17, 15) is 0 Å². The van der Waals surface area contributed by atoms with E-state index in [0.29, 0.717) is 5.92 Å². The second kappa shape index (κ2) is 7.79. The molecule has 2 rings (SSSR count). The highest BCUT2D eigenvalue weighted by Gasteiger charge is 2.17. The minimum atomic E-state index is 0.446. The van der Waals surface area contributed by atoms with Crippen molar-refractivity contribution in [2.45, 2.75) is 19.3 Å². The zero-order chi connectivity index (χ0) is 13.3. The monoisotopic (exact) mass is 262 g/mol. The quantitative estimate of drug-likeness (QED) is 0.371. The zero-order valence-electron chi connectivity index (χ0n) is 11.2. The standard InChI is InChI=1S/C15H22N2O2/c18-16-13-14-7-10-17(11-8-14)9-4-12-19-15-5-2-1-3-6-15/h1-3,5-6,13-14,18H,4,7-12H2. The van der Waals surface area contributed by atoms with Gasteiger partial charge in [-0.3, -0.25) is 0 Å². The molecule has 1 aliphatic rings. The highest BCUT2D eigenvalue weighted by Crippen LogP contribution is 2.15. The molecule has 0 bridgehead atoms. The Bertz CT molecular complexity index is 373. The summed E-state index contributed by atoms with van der Waals surface area (Å²) in [6, 6.07) is 9.94. The highest BCUT2D eigenvalue weighted by atomic mass is 16.5. The lowest BCUT2D eigenvalue weighted by atomic mass is 9.98. The van der Waals surface area contributed by atoms with Gasteiger partial charge in [0.2, 0.25) is 0 Å². The smallest absolute Gasteiger partial charge is 0.119 e. The van der Waals surface area contributed by atoms with Gasteiger partial charge in [0.15, 0.2) is 0 Å². The van der Waals surface area contributed by atoms with Crippen LogP contribution >= 0.6 is 0 Å². The van der Waals surface area contributed by atoms with Crippen molar-refractivity contribution in [2.75, 3.05) is 26.2 Å². The molecule has 4 heteroatoms. The fourth-order valence-corrected chi connectivity index (χ4v) is 2.41. The first kappa shape index (κ1) is 13.9. The predicted molar refractivity (Wildman–Crippen MR) is 76.0 cm³/mol. The van der Waals surface area contributed by atoms with E-state index in [2.05, 4.69) is 10.1 Å². The van der Waals surface area contributed by atoms with E-state index in [1.165, 1.54) is 0 Å². The fraction of sp³-hybridized carbons (Fsp3) is 0.533. The minimum absolute atomic E-state index is 0.446. The van der Waals surface area contributed by atoms with Crippen LogP contribution in [0.5, 0.6) is 5.75 Å². The average Bonchev–Trinajstić information content (AvgIpc) is 2.47. The number of hydrogen-bond acceptors (Lipinski definition) is 4. The van der Waals surface area contributed by atoms with E-state index in [1.54, 1.807) is 6.21 Å². The van der Waals surface area contributed by atoms with E-state index in [1.807, 2.05) is 30.3 Å². The molecule has 1 saturated heterocycles. The highest BCUT2D eigenvalue weighted by molar-refractivity contribution is 5.59. The van der Waals surface area contributed by atoms with Crippen LogP contribution in [0.2, 0.25) is 0 Å². The summed E-state index contributed by atoms with van der Waals surface area (Å²) in [4.78, 5) is 2.45. The minimum Gasteiger partial charge on any atom is -0.494 e. The molecule has 19 heavy (non-hydrogen) atoms. The maximum Gasteiger partial charge on any atom is 0.119 e. The van der Waals surface area contributed by atoms with Crippen molar-refractivity contribution < 1.29 is 9.94 Å². The van der Waals surface area contributed by atoms with Gasteiger partial charge in [0.1, 0.15) is 5.75 Å². The van der Waals surface area contributed by atoms with Gasteiger partial charge in [-0.05, 0) is 50.4 Å². The summed E-state index contributed by atoms with van der Waals surface area (Å²) in [6.07, 6.45) is 4.89. The number of rotatable bonds is 6. The third kappa shape index (κ3) is 4.91. The van der Waals surface area contributed by atoms with E-state index in [4.69, 9.17) is 9.94 Å². The van der Waals surface area contributed by atoms with E-state index >= 15 is 0 Å². The van der Waals surface area contributed by atoms with Crippen molar-refractivity contribution >= 4 is 6.21 Å². The van der Waals surface area contributed by atoms with E-state index in [-0.39, 0.29) is 0 Å². The first-order valence-electron chi connectivity index (χ1n) is 6.96. The van der Waals surface area contributed by atoms with Crippen LogP contribution in [0.15, 0.2) is 35.5 Å². The van der Waals surface area contributed by atoms with Gasteiger partial charge in [0, 0.05) is 12.8 Å². The van der Waals surface area contributed by atoms with Gasteiger partial charge >= 0.3 is 0 Å². The lowest BCUT2D eigenvalue weighted by molar-refractivity contribution is 0.190. The molecule has 1 aromatic carbocycles. The number of oxime groups is 1. The molecule has 1 aromatic rings. The van der Waals surface area contributed by atoms with Crippen LogP contribution in [0.4, 0.5) is 0 Å². The maximum absolute atomic E-state index is 8.51. The fourth-order valence-electron chi connectivity index (χ4n) is 2.41. The molecular weight excluding hydrogens is 240 g/mol. The second-order valence-electron chi connectivity index (χ2n) is 4.96. The van der Waals surface area contributed by atoms with Crippen LogP contribution in [0, 0.1) is 5.92 Å². The predicted octanol–water partition coefficient (Wildman–Crippen LogP) is 2.63. The third-order valence-corrected chi connectivity index (χ3v) is 3.54. The molecular formula is C15H22N2O2. The van der Waals surface area contributed by atoms with Crippen LogP contribution in [-0.2, 0) is 0 Å². The van der Waals surface area contributed by atoms with Gasteiger partial charge in [0.05, 0.1) is 6.61 Å². The van der Waals surface area contributed by atoms with Gasteiger partial charge in [-0.1, -0.05) is 18.2 Å². The molecule has 0 spiro atoms. The largest absolute Gasteiger partial charge is 0.494 e. The molecule has 1 heterocycles. The molecule has 104 valence electrons. The SMILES string of the molecule is ON=CC1CCN(CCCOc2ccccc2)CC1. The number of ether oxygens (including phenoxy) is 1. The summed E-state index contributed by atoms with van der Waals surface area (Å²) < 4.78 is 5.68. The number of likely N-dealkylation sites (tertiary alicyclic amines) is 1. The van der Waals surface area contributed by atoms with Crippen LogP contribution in [0.1, 0.15) is 19.3 Å². The van der Waals surface area contributed by atoms with E-state index < -0.39 is 0 Å². The molecule has 0 radical (unpaired) electrons. The van der Waals surface area contributed by atoms with Crippen molar-refractivity contribution in [3.63, 3.8) is 0 Å². The number of hydrogen-bond donors (Lipinski definition) is 1. The summed E-state index contributed by atoms with van der Waals surface area (Å²) in [6.45, 7) is 4.02. The summed E-state index contributed by atoms with van der Waals surface area (Å²) in [7, 11) is 0. The number of piperidine rings is 1. The van der Waals surface area contributed by atoms with Gasteiger partial charge < -0.3 is 14.8 Å². The lowest BCUT2D eigenvalue weighted by Crippen LogP contribution is -2.35. The van der Waals surface area contributed by atoms with Crippen LogP contribution in [0.3, 0.4) is 0 Å². The molecule has 0 aliphatic carbocycles. The molecule has 1 N–H and O–H groups in total. The normalized spacial score (nSPS) is 17.9. The Hall–Kier alpha value is -1.55. The van der Waals surface area contributed by atoms with Gasteiger partial charge in [-0.2, -0.15) is 0 Å². The number of nitrogens with zero attached hydrogens (tertiary/aromatic N) is 2. The number of benzene rings is 1. The Morgan fingerprint density at radius 3 is 2.68 bits per heavy atom. The zero-order valence-corrected chi connectivity index (χ0v) is 11.2. The lowest BCUT2D eigenvalue weighted by Gasteiger charge is -2.29. The second-order valence-corrected chi connectivity index (χ2v) is 4.96. The van der Waals surface area contributed by atoms with Crippen molar-refractivity contribution in [3.8, 4) is 5.75 Å². The number of para-hydroxylation sites is 1. The molecule has 0 amide bonds. The van der Waals surface area contributed by atoms with Crippen molar-refractivity contribution in [1.29, 1.82) is 0 Å². The Balaban J connectivity index is 1.57. The molecule has 4 nitrogen and oxygen atoms in total.